The molecule has 0 aliphatic carbocycles. The number of nitrogens with zero attached hydrogens (tertiary/aromatic N) is 2. The minimum absolute atomic E-state index is 0.0103. The Hall–Kier alpha value is -3.62. The fourth-order valence-electron chi connectivity index (χ4n) is 3.64. The van der Waals surface area contributed by atoms with Crippen molar-refractivity contribution in [2.24, 2.45) is 0 Å². The normalized spacial score (nSPS) is 14.0. The summed E-state index contributed by atoms with van der Waals surface area (Å²) < 4.78 is 12.4. The summed E-state index contributed by atoms with van der Waals surface area (Å²) in [6.45, 7) is 1.89. The Labute approximate surface area is 251 Å². The zero-order valence-corrected chi connectivity index (χ0v) is 24.6. The van der Waals surface area contributed by atoms with Gasteiger partial charge in [-0.25, -0.2) is 0 Å². The Morgan fingerprint density at radius 3 is 2.58 bits per heavy atom. The number of rotatable bonds is 10. The van der Waals surface area contributed by atoms with E-state index in [1.54, 1.807) is 54.6 Å². The van der Waals surface area contributed by atoms with E-state index in [1.165, 1.54) is 12.1 Å². The molecule has 206 valence electrons. The summed E-state index contributed by atoms with van der Waals surface area (Å²) in [4.78, 5) is 49.4. The molecule has 1 fully saturated rings. The fourth-order valence-corrected chi connectivity index (χ4v) is 5.45. The third kappa shape index (κ3) is 7.31. The lowest BCUT2D eigenvalue weighted by atomic mass is 10.1. The third-order valence-corrected chi connectivity index (χ3v) is 7.39. The molecule has 0 saturated carbocycles. The van der Waals surface area contributed by atoms with Gasteiger partial charge in [0.2, 0.25) is 5.91 Å². The number of ether oxygens (including phenoxy) is 2. The van der Waals surface area contributed by atoms with Gasteiger partial charge in [-0.15, -0.1) is 0 Å². The molecule has 3 amide bonds. The van der Waals surface area contributed by atoms with Gasteiger partial charge in [-0.3, -0.25) is 29.4 Å². The van der Waals surface area contributed by atoms with Crippen molar-refractivity contribution >= 4 is 80.5 Å². The number of thioether (sulfide) groups is 1. The molecule has 40 heavy (non-hydrogen) atoms. The van der Waals surface area contributed by atoms with Crippen molar-refractivity contribution < 1.29 is 28.8 Å². The Bertz CT molecular complexity index is 1510. The van der Waals surface area contributed by atoms with Crippen LogP contribution in [0.3, 0.4) is 0 Å². The molecule has 0 atom stereocenters. The lowest BCUT2D eigenvalue weighted by Crippen LogP contribution is -2.36. The van der Waals surface area contributed by atoms with Gasteiger partial charge in [0.1, 0.15) is 13.2 Å². The van der Waals surface area contributed by atoms with Crippen LogP contribution in [0.4, 0.5) is 16.2 Å². The molecule has 13 heteroatoms. The Kier molecular flexibility index (Phi) is 9.66. The van der Waals surface area contributed by atoms with Crippen LogP contribution in [0.5, 0.6) is 11.5 Å². The summed E-state index contributed by atoms with van der Waals surface area (Å²) >= 11 is 8.76. The van der Waals surface area contributed by atoms with Gasteiger partial charge in [0.15, 0.2) is 11.5 Å². The minimum atomic E-state index is -0.581. The van der Waals surface area contributed by atoms with Crippen LogP contribution in [0.25, 0.3) is 6.08 Å². The predicted molar refractivity (Wildman–Crippen MR) is 161 cm³/mol. The van der Waals surface area contributed by atoms with Gasteiger partial charge in [-0.05, 0) is 101 Å². The second kappa shape index (κ2) is 13.2. The number of nitrogens with one attached hydrogen (secondary N) is 1. The topological polar surface area (TPSA) is 128 Å². The lowest BCUT2D eigenvalue weighted by molar-refractivity contribution is -0.384. The fraction of sp³-hybridized carbons (Fsp3) is 0.148. The maximum atomic E-state index is 13.0. The van der Waals surface area contributed by atoms with Crippen molar-refractivity contribution in [2.45, 2.75) is 13.5 Å². The summed E-state index contributed by atoms with van der Waals surface area (Å²) in [6, 6.07) is 16.0. The smallest absolute Gasteiger partial charge is 0.294 e. The quantitative estimate of drug-likeness (QED) is 0.110. The molecule has 0 radical (unpaired) electrons. The monoisotopic (exact) mass is 693 g/mol. The van der Waals surface area contributed by atoms with Crippen LogP contribution in [0.2, 0.25) is 5.02 Å². The maximum Gasteiger partial charge on any atom is 0.294 e. The van der Waals surface area contributed by atoms with Crippen LogP contribution >= 0.6 is 46.0 Å². The summed E-state index contributed by atoms with van der Waals surface area (Å²) in [5, 5.41) is 13.4. The van der Waals surface area contributed by atoms with Gasteiger partial charge in [0, 0.05) is 22.8 Å². The maximum absolute atomic E-state index is 13.0. The van der Waals surface area contributed by atoms with Crippen LogP contribution in [-0.2, 0) is 16.2 Å². The number of amides is 3. The number of anilines is 1. The van der Waals surface area contributed by atoms with E-state index < -0.39 is 28.5 Å². The van der Waals surface area contributed by atoms with E-state index in [4.69, 9.17) is 21.1 Å². The van der Waals surface area contributed by atoms with Crippen LogP contribution in [-0.4, -0.2) is 40.0 Å². The molecule has 3 aromatic carbocycles. The molecule has 4 rings (SSSR count). The van der Waals surface area contributed by atoms with E-state index in [-0.39, 0.29) is 17.2 Å². The number of halogens is 2. The highest BCUT2D eigenvalue weighted by molar-refractivity contribution is 14.1. The molecular weight excluding hydrogens is 673 g/mol. The van der Waals surface area contributed by atoms with E-state index in [0.29, 0.717) is 37.9 Å². The first kappa shape index (κ1) is 29.4. The zero-order valence-electron chi connectivity index (χ0n) is 20.9. The Morgan fingerprint density at radius 2 is 1.90 bits per heavy atom. The van der Waals surface area contributed by atoms with Crippen LogP contribution < -0.4 is 14.8 Å². The zero-order chi connectivity index (χ0) is 28.8. The highest BCUT2D eigenvalue weighted by Gasteiger charge is 2.36. The van der Waals surface area contributed by atoms with Crippen molar-refractivity contribution in [3.63, 3.8) is 0 Å². The molecule has 1 aliphatic rings. The molecule has 1 N–H and O–H groups in total. The Balaban J connectivity index is 1.48. The molecule has 0 unspecified atom stereocenters. The van der Waals surface area contributed by atoms with Gasteiger partial charge in [0.25, 0.3) is 16.8 Å². The number of nitro benzene ring substituents is 1. The highest BCUT2D eigenvalue weighted by atomic mass is 127. The lowest BCUT2D eigenvalue weighted by Gasteiger charge is -2.15. The van der Waals surface area contributed by atoms with Gasteiger partial charge in [-0.1, -0.05) is 17.7 Å². The van der Waals surface area contributed by atoms with Crippen LogP contribution in [0, 0.1) is 13.7 Å². The standard InChI is InChI=1S/C27H21ClIN3O7S/c1-2-38-22-11-17(10-21(29)25(22)39-15-16-6-8-20(9-7-16)32(36)37)12-23-26(34)31(27(35)40-23)14-24(33)30-19-5-3-4-18(28)13-19/h3-13H,2,14-15H2,1H3,(H,30,33)/b23-12+. The molecule has 0 aromatic heterocycles. The van der Waals surface area contributed by atoms with Crippen molar-refractivity contribution in [2.75, 3.05) is 18.5 Å². The number of imide groups is 1. The number of hydrogen-bond donors (Lipinski definition) is 1. The molecule has 3 aromatic rings. The molecule has 0 spiro atoms. The first-order valence-electron chi connectivity index (χ1n) is 11.8. The van der Waals surface area contributed by atoms with Crippen molar-refractivity contribution in [3.05, 3.63) is 95.4 Å². The number of carbonyl (C=O) groups is 3. The summed E-state index contributed by atoms with van der Waals surface area (Å²) in [6.07, 6.45) is 1.56. The van der Waals surface area contributed by atoms with Crippen molar-refractivity contribution in [1.29, 1.82) is 0 Å². The van der Waals surface area contributed by atoms with Crippen LogP contribution in [0.1, 0.15) is 18.1 Å². The largest absolute Gasteiger partial charge is 0.490 e. The second-order valence-corrected chi connectivity index (χ2v) is 10.9. The average Bonchev–Trinajstić information content (AvgIpc) is 3.15. The van der Waals surface area contributed by atoms with E-state index in [1.807, 2.05) is 6.92 Å². The summed E-state index contributed by atoms with van der Waals surface area (Å²) in [7, 11) is 0. The molecule has 1 saturated heterocycles. The van der Waals surface area contributed by atoms with Crippen molar-refractivity contribution in [3.8, 4) is 11.5 Å². The van der Waals surface area contributed by atoms with E-state index in [9.17, 15) is 24.5 Å². The summed E-state index contributed by atoms with van der Waals surface area (Å²) in [5.74, 6) is -0.206. The highest BCUT2D eigenvalue weighted by Crippen LogP contribution is 2.38. The average molecular weight is 694 g/mol. The number of carbonyl (C=O) groups excluding carboxylic acids is 3. The molecule has 10 nitrogen and oxygen atoms in total. The summed E-state index contributed by atoms with van der Waals surface area (Å²) in [5.41, 5.74) is 1.78. The minimum Gasteiger partial charge on any atom is -0.490 e. The number of nitro groups is 1. The first-order chi connectivity index (χ1) is 19.1. The number of non-ortho nitro benzene ring substituents is 1. The van der Waals surface area contributed by atoms with Gasteiger partial charge >= 0.3 is 0 Å². The number of benzene rings is 3. The molecule has 1 heterocycles. The number of hydrogen-bond acceptors (Lipinski definition) is 8. The van der Waals surface area contributed by atoms with Gasteiger partial charge in [-0.2, -0.15) is 0 Å². The van der Waals surface area contributed by atoms with E-state index in [0.717, 1.165) is 22.2 Å². The van der Waals surface area contributed by atoms with Gasteiger partial charge in [0.05, 0.1) is 20.0 Å². The molecular formula is C27H21ClIN3O7S. The van der Waals surface area contributed by atoms with Gasteiger partial charge < -0.3 is 14.8 Å². The Morgan fingerprint density at radius 1 is 1.15 bits per heavy atom. The van der Waals surface area contributed by atoms with Crippen LogP contribution in [0.15, 0.2) is 65.6 Å². The second-order valence-electron chi connectivity index (χ2n) is 8.30. The third-order valence-electron chi connectivity index (χ3n) is 5.44. The SMILES string of the molecule is CCOc1cc(/C=C2/SC(=O)N(CC(=O)Nc3cccc(Cl)c3)C2=O)cc(I)c1OCc1ccc([N+](=O)[O-])cc1. The van der Waals surface area contributed by atoms with E-state index in [2.05, 4.69) is 27.9 Å². The molecule has 1 aliphatic heterocycles. The van der Waals surface area contributed by atoms with E-state index >= 15 is 0 Å². The molecule has 0 bridgehead atoms. The predicted octanol–water partition coefficient (Wildman–Crippen LogP) is 6.51. The first-order valence-corrected chi connectivity index (χ1v) is 14.0. The van der Waals surface area contributed by atoms with Crippen molar-refractivity contribution in [1.82, 2.24) is 4.90 Å².